The first-order chi connectivity index (χ1) is 12.4. The van der Waals surface area contributed by atoms with Crippen LogP contribution in [0.2, 0.25) is 0 Å². The van der Waals surface area contributed by atoms with Crippen molar-refractivity contribution in [2.24, 2.45) is 0 Å². The van der Waals surface area contributed by atoms with Crippen molar-refractivity contribution < 1.29 is 30.4 Å². The molecule has 0 aliphatic carbocycles. The minimum absolute atomic E-state index is 0.0718. The second kappa shape index (κ2) is 6.37. The monoisotopic (exact) mass is 423 g/mol. The SMILES string of the molecule is Cc1nc(-c2[nH]c(C(F)(F)F)nc2-c2cc(F)c(S(C)(=O)=O)cc2F)cs1. The average Bonchev–Trinajstić information content (AvgIpc) is 3.13. The first-order valence-electron chi connectivity index (χ1n) is 7.17. The van der Waals surface area contributed by atoms with E-state index in [9.17, 15) is 30.4 Å². The van der Waals surface area contributed by atoms with Gasteiger partial charge in [0.15, 0.2) is 9.84 Å². The van der Waals surface area contributed by atoms with Crippen LogP contribution in [0.4, 0.5) is 22.0 Å². The Balaban J connectivity index is 2.28. The molecule has 2 heterocycles. The standard InChI is InChI=1S/C15H10F5N3O2S2/c1-6-21-10(5-26-6)13-12(22-14(23-13)15(18,19)20)7-3-9(17)11(4-8(7)16)27(2,24)25/h3-5H,1-2H3,(H,22,23). The van der Waals surface area contributed by atoms with Gasteiger partial charge in [-0.3, -0.25) is 0 Å². The fraction of sp³-hybridized carbons (Fsp3) is 0.200. The van der Waals surface area contributed by atoms with Gasteiger partial charge in [0.1, 0.15) is 22.2 Å². The summed E-state index contributed by atoms with van der Waals surface area (Å²) in [5.74, 6) is -3.94. The number of alkyl halides is 3. The molecule has 3 aromatic rings. The smallest absolute Gasteiger partial charge is 0.333 e. The lowest BCUT2D eigenvalue weighted by atomic mass is 10.1. The molecule has 0 bridgehead atoms. The highest BCUT2D eigenvalue weighted by molar-refractivity contribution is 7.90. The number of aromatic nitrogens is 3. The summed E-state index contributed by atoms with van der Waals surface area (Å²) in [4.78, 5) is 8.54. The molecule has 0 amide bonds. The first kappa shape index (κ1) is 19.4. The van der Waals surface area contributed by atoms with Crippen molar-refractivity contribution in [1.82, 2.24) is 15.0 Å². The van der Waals surface area contributed by atoms with E-state index in [1.807, 2.05) is 4.98 Å². The predicted octanol–water partition coefficient (Wildman–Crippen LogP) is 4.21. The third kappa shape index (κ3) is 3.72. The van der Waals surface area contributed by atoms with E-state index in [1.165, 1.54) is 5.38 Å². The Labute approximate surface area is 153 Å². The van der Waals surface area contributed by atoms with Gasteiger partial charge in [0.05, 0.1) is 16.4 Å². The van der Waals surface area contributed by atoms with Crippen molar-refractivity contribution in [3.63, 3.8) is 0 Å². The molecule has 0 spiro atoms. The molecule has 3 rings (SSSR count). The number of sulfone groups is 1. The van der Waals surface area contributed by atoms with E-state index in [2.05, 4.69) is 9.97 Å². The summed E-state index contributed by atoms with van der Waals surface area (Å²) >= 11 is 1.15. The van der Waals surface area contributed by atoms with Gasteiger partial charge in [0.25, 0.3) is 0 Å². The number of rotatable bonds is 3. The van der Waals surface area contributed by atoms with Crippen LogP contribution < -0.4 is 0 Å². The Morgan fingerprint density at radius 2 is 1.78 bits per heavy atom. The van der Waals surface area contributed by atoms with E-state index < -0.39 is 49.6 Å². The number of hydrogen-bond acceptors (Lipinski definition) is 5. The molecule has 27 heavy (non-hydrogen) atoms. The normalized spacial score (nSPS) is 12.6. The predicted molar refractivity (Wildman–Crippen MR) is 87.9 cm³/mol. The molecule has 0 aliphatic heterocycles. The van der Waals surface area contributed by atoms with Gasteiger partial charge in [0.2, 0.25) is 5.82 Å². The van der Waals surface area contributed by atoms with Crippen LogP contribution in [0.25, 0.3) is 22.6 Å². The maximum absolute atomic E-state index is 14.5. The minimum Gasteiger partial charge on any atom is -0.333 e. The Morgan fingerprint density at radius 3 is 2.30 bits per heavy atom. The van der Waals surface area contributed by atoms with Crippen LogP contribution in [0.1, 0.15) is 10.8 Å². The fourth-order valence-electron chi connectivity index (χ4n) is 2.36. The third-order valence-corrected chi connectivity index (χ3v) is 5.41. The quantitative estimate of drug-likeness (QED) is 0.641. The van der Waals surface area contributed by atoms with E-state index in [4.69, 9.17) is 0 Å². The third-order valence-electron chi connectivity index (χ3n) is 3.52. The molecular formula is C15H10F5N3O2S2. The van der Waals surface area contributed by atoms with E-state index in [-0.39, 0.29) is 11.4 Å². The number of aromatic amines is 1. The number of H-pyrrole nitrogens is 1. The van der Waals surface area contributed by atoms with E-state index in [0.717, 1.165) is 11.3 Å². The van der Waals surface area contributed by atoms with Crippen molar-refractivity contribution in [2.45, 2.75) is 18.0 Å². The lowest BCUT2D eigenvalue weighted by molar-refractivity contribution is -0.144. The first-order valence-corrected chi connectivity index (χ1v) is 9.94. The van der Waals surface area contributed by atoms with Crippen LogP contribution in [0.3, 0.4) is 0 Å². The molecule has 144 valence electrons. The highest BCUT2D eigenvalue weighted by Crippen LogP contribution is 2.37. The largest absolute Gasteiger partial charge is 0.449 e. The minimum atomic E-state index is -4.86. The molecule has 0 atom stereocenters. The second-order valence-electron chi connectivity index (χ2n) is 5.59. The van der Waals surface area contributed by atoms with Gasteiger partial charge in [-0.1, -0.05) is 0 Å². The molecule has 2 aromatic heterocycles. The Morgan fingerprint density at radius 1 is 1.11 bits per heavy atom. The zero-order chi connectivity index (χ0) is 20.1. The summed E-state index contributed by atoms with van der Waals surface area (Å²) < 4.78 is 90.8. The van der Waals surface area contributed by atoms with Crippen LogP contribution in [-0.4, -0.2) is 29.6 Å². The summed E-state index contributed by atoms with van der Waals surface area (Å²) in [5, 5.41) is 1.98. The van der Waals surface area contributed by atoms with Gasteiger partial charge >= 0.3 is 6.18 Å². The number of halogens is 5. The van der Waals surface area contributed by atoms with E-state index in [0.29, 0.717) is 23.4 Å². The average molecular weight is 423 g/mol. The molecule has 1 N–H and O–H groups in total. The second-order valence-corrected chi connectivity index (χ2v) is 8.64. The summed E-state index contributed by atoms with van der Waals surface area (Å²) in [5.41, 5.74) is -1.32. The van der Waals surface area contributed by atoms with Crippen LogP contribution in [0, 0.1) is 18.6 Å². The lowest BCUT2D eigenvalue weighted by Gasteiger charge is -2.06. The number of hydrogen-bond donors (Lipinski definition) is 1. The zero-order valence-electron chi connectivity index (χ0n) is 13.6. The molecule has 0 saturated carbocycles. The van der Waals surface area contributed by atoms with Gasteiger partial charge in [-0.2, -0.15) is 13.2 Å². The van der Waals surface area contributed by atoms with Crippen molar-refractivity contribution in [3.05, 3.63) is 40.0 Å². The molecule has 1 aromatic carbocycles. The number of thiazole rings is 1. The van der Waals surface area contributed by atoms with Gasteiger partial charge in [-0.15, -0.1) is 11.3 Å². The van der Waals surface area contributed by atoms with Crippen LogP contribution in [0.15, 0.2) is 22.4 Å². The molecule has 12 heteroatoms. The van der Waals surface area contributed by atoms with Crippen LogP contribution in [-0.2, 0) is 16.0 Å². The number of nitrogens with zero attached hydrogens (tertiary/aromatic N) is 2. The Kier molecular flexibility index (Phi) is 4.58. The number of aryl methyl sites for hydroxylation is 1. The van der Waals surface area contributed by atoms with Crippen LogP contribution in [0.5, 0.6) is 0 Å². The Hall–Kier alpha value is -2.34. The number of nitrogens with one attached hydrogen (secondary N) is 1. The fourth-order valence-corrected chi connectivity index (χ4v) is 3.69. The topological polar surface area (TPSA) is 75.7 Å². The molecule has 0 radical (unpaired) electrons. The maximum Gasteiger partial charge on any atom is 0.449 e. The number of benzene rings is 1. The van der Waals surface area contributed by atoms with Gasteiger partial charge in [-0.25, -0.2) is 27.2 Å². The molecule has 0 aliphatic rings. The van der Waals surface area contributed by atoms with Gasteiger partial charge < -0.3 is 4.98 Å². The van der Waals surface area contributed by atoms with Crippen LogP contribution >= 0.6 is 11.3 Å². The molecule has 0 saturated heterocycles. The highest BCUT2D eigenvalue weighted by atomic mass is 32.2. The number of imidazole rings is 1. The van der Waals surface area contributed by atoms with Crippen molar-refractivity contribution >= 4 is 21.2 Å². The Bertz CT molecular complexity index is 1130. The maximum atomic E-state index is 14.5. The van der Waals surface area contributed by atoms with Crippen molar-refractivity contribution in [3.8, 4) is 22.6 Å². The summed E-state index contributed by atoms with van der Waals surface area (Å²) in [6, 6.07) is 0.919. The molecule has 0 unspecified atom stereocenters. The zero-order valence-corrected chi connectivity index (χ0v) is 15.3. The van der Waals surface area contributed by atoms with Crippen molar-refractivity contribution in [1.29, 1.82) is 0 Å². The van der Waals surface area contributed by atoms with Crippen molar-refractivity contribution in [2.75, 3.05) is 6.26 Å². The summed E-state index contributed by atoms with van der Waals surface area (Å²) in [6.45, 7) is 1.62. The van der Waals surface area contributed by atoms with Gasteiger partial charge in [-0.05, 0) is 19.1 Å². The van der Waals surface area contributed by atoms with E-state index in [1.54, 1.807) is 6.92 Å². The van der Waals surface area contributed by atoms with Gasteiger partial charge in [0, 0.05) is 17.2 Å². The highest BCUT2D eigenvalue weighted by Gasteiger charge is 2.37. The van der Waals surface area contributed by atoms with E-state index >= 15 is 0 Å². The molecule has 0 fully saturated rings. The molecule has 5 nitrogen and oxygen atoms in total. The summed E-state index contributed by atoms with van der Waals surface area (Å²) in [7, 11) is -4.07. The molecular weight excluding hydrogens is 413 g/mol. The summed E-state index contributed by atoms with van der Waals surface area (Å²) in [6.07, 6.45) is -4.18. The lowest BCUT2D eigenvalue weighted by Crippen LogP contribution is -2.07.